The Kier molecular flexibility index (Phi) is 8.45. The summed E-state index contributed by atoms with van der Waals surface area (Å²) in [7, 11) is 3.70. The van der Waals surface area contributed by atoms with Crippen LogP contribution in [-0.2, 0) is 34.2 Å². The van der Waals surface area contributed by atoms with Gasteiger partial charge in [0.25, 0.3) is 0 Å². The molecule has 12 heteroatoms. The molecule has 2 rings (SSSR count). The molecule has 124 valence electrons. The van der Waals surface area contributed by atoms with Gasteiger partial charge in [-0.2, -0.15) is 10.2 Å². The first-order chi connectivity index (χ1) is 10.5. The monoisotopic (exact) mass is 370 g/mol. The minimum atomic E-state index is -2.03. The molecular formula is C10H15ClN4O5S2. The summed E-state index contributed by atoms with van der Waals surface area (Å²) in [5, 5.41) is 24.9. The lowest BCUT2D eigenvalue weighted by Gasteiger charge is -1.93. The summed E-state index contributed by atoms with van der Waals surface area (Å²) in [5.41, 5.74) is 0. The molecule has 0 radical (unpaired) electrons. The third kappa shape index (κ3) is 6.34. The first-order valence-electron chi connectivity index (χ1n) is 5.95. The second-order valence-corrected chi connectivity index (χ2v) is 6.38. The summed E-state index contributed by atoms with van der Waals surface area (Å²) < 4.78 is 32.4. The Morgan fingerprint density at radius 2 is 1.45 bits per heavy atom. The van der Waals surface area contributed by atoms with Crippen molar-refractivity contribution in [2.24, 2.45) is 0 Å². The molecule has 0 saturated heterocycles. The fraction of sp³-hybridized carbons (Fsp3) is 0.400. The zero-order chi connectivity index (χ0) is 16.5. The van der Waals surface area contributed by atoms with Crippen LogP contribution in [0.5, 0.6) is 0 Å². The van der Waals surface area contributed by atoms with E-state index in [4.69, 9.17) is 25.4 Å². The Hall–Kier alpha value is -1.11. The normalized spacial score (nSPS) is 13.3. The van der Waals surface area contributed by atoms with E-state index in [1.165, 1.54) is 15.4 Å². The minimum Gasteiger partial charge on any atom is -0.394 e. The lowest BCUT2D eigenvalue weighted by atomic mass is 10.7. The topological polar surface area (TPSA) is 130 Å². The largest absolute Gasteiger partial charge is 0.394 e. The van der Waals surface area contributed by atoms with Gasteiger partial charge < -0.3 is 14.8 Å². The van der Waals surface area contributed by atoms with Crippen LogP contribution in [-0.4, -0.2) is 56.0 Å². The van der Waals surface area contributed by atoms with Crippen molar-refractivity contribution in [1.82, 2.24) is 19.6 Å². The maximum absolute atomic E-state index is 10.6. The van der Waals surface area contributed by atoms with Gasteiger partial charge in [-0.1, -0.05) is 0 Å². The number of aliphatic hydroxyl groups excluding tert-OH is 2. The van der Waals surface area contributed by atoms with Gasteiger partial charge in [-0.15, -0.1) is 0 Å². The summed E-state index contributed by atoms with van der Waals surface area (Å²) in [6.45, 7) is 0.723. The second kappa shape index (κ2) is 9.82. The molecule has 9 nitrogen and oxygen atoms in total. The van der Waals surface area contributed by atoms with E-state index in [2.05, 4.69) is 10.2 Å². The van der Waals surface area contributed by atoms with Crippen molar-refractivity contribution in [2.45, 2.75) is 23.1 Å². The number of aromatic nitrogens is 4. The van der Waals surface area contributed by atoms with E-state index in [0.717, 1.165) is 0 Å². The minimum absolute atomic E-state index is 0.00996. The van der Waals surface area contributed by atoms with Crippen molar-refractivity contribution < 1.29 is 23.2 Å². The van der Waals surface area contributed by atoms with Gasteiger partial charge in [0.1, 0.15) is 0 Å². The summed E-state index contributed by atoms with van der Waals surface area (Å²) >= 11 is -2.03. The lowest BCUT2D eigenvalue weighted by molar-refractivity contribution is 0.268. The number of hydrogen-bond acceptors (Lipinski definition) is 6. The van der Waals surface area contributed by atoms with Crippen molar-refractivity contribution in [3.05, 3.63) is 24.5 Å². The van der Waals surface area contributed by atoms with Crippen molar-refractivity contribution in [3.63, 3.8) is 0 Å². The average Bonchev–Trinajstić information content (AvgIpc) is 3.09. The van der Waals surface area contributed by atoms with Crippen molar-refractivity contribution in [2.75, 3.05) is 13.2 Å². The molecule has 0 aliphatic rings. The smallest absolute Gasteiger partial charge is 0.207 e. The molecule has 2 aromatic rings. The number of halogens is 1. The summed E-state index contributed by atoms with van der Waals surface area (Å²) in [6, 6.07) is 2.99. The third-order valence-electron chi connectivity index (χ3n) is 2.23. The van der Waals surface area contributed by atoms with Crippen LogP contribution in [0.2, 0.25) is 0 Å². The molecule has 0 aliphatic carbocycles. The molecule has 22 heavy (non-hydrogen) atoms. The quantitative estimate of drug-likeness (QED) is 0.465. The van der Waals surface area contributed by atoms with Gasteiger partial charge >= 0.3 is 0 Å². The summed E-state index contributed by atoms with van der Waals surface area (Å²) in [4.78, 5) is 0. The van der Waals surface area contributed by atoms with Gasteiger partial charge in [-0.25, -0.2) is 8.42 Å². The molecule has 0 saturated carbocycles. The van der Waals surface area contributed by atoms with Crippen LogP contribution in [0.1, 0.15) is 0 Å². The number of hydrogen-bond donors (Lipinski definition) is 3. The van der Waals surface area contributed by atoms with Crippen LogP contribution < -0.4 is 0 Å². The van der Waals surface area contributed by atoms with Gasteiger partial charge in [0.05, 0.1) is 26.3 Å². The van der Waals surface area contributed by atoms with Crippen LogP contribution in [0.25, 0.3) is 0 Å². The summed E-state index contributed by atoms with van der Waals surface area (Å²) in [6.07, 6.45) is 3.16. The predicted octanol–water partition coefficient (Wildman–Crippen LogP) is -0.407. The van der Waals surface area contributed by atoms with E-state index in [9.17, 15) is 8.42 Å². The molecular weight excluding hydrogens is 356 g/mol. The Labute approximate surface area is 135 Å². The van der Waals surface area contributed by atoms with E-state index in [1.807, 2.05) is 0 Å². The molecule has 0 spiro atoms. The van der Waals surface area contributed by atoms with Crippen molar-refractivity contribution in [3.8, 4) is 0 Å². The van der Waals surface area contributed by atoms with E-state index in [0.29, 0.717) is 18.1 Å². The fourth-order valence-corrected chi connectivity index (χ4v) is 2.25. The highest BCUT2D eigenvalue weighted by atomic mass is 35.7. The fourth-order valence-electron chi connectivity index (χ4n) is 1.32. The van der Waals surface area contributed by atoms with Gasteiger partial charge in [0.2, 0.25) is 11.1 Å². The van der Waals surface area contributed by atoms with Crippen LogP contribution in [0.15, 0.2) is 34.6 Å². The highest BCUT2D eigenvalue weighted by Gasteiger charge is 2.03. The Balaban J connectivity index is 0.000000220. The Bertz CT molecular complexity index is 578. The molecule has 0 bridgehead atoms. The number of nitrogens with zero attached hydrogens (tertiary/aromatic N) is 4. The van der Waals surface area contributed by atoms with Gasteiger partial charge in [0.15, 0.2) is 20.1 Å². The first kappa shape index (κ1) is 18.9. The zero-order valence-corrected chi connectivity index (χ0v) is 13.7. The standard InChI is InChI=1S/C5H7ClN2O2S.C5H8N2O3S/c6-11(10)5-1-2-8(7-5)3-4-9;8-4-3-7-2-1-5(6-7)11(9)10/h1-2,9H,3-4H2;1-2,8H,3-4H2,(H,9,10). The third-order valence-corrected chi connectivity index (χ3v) is 3.83. The van der Waals surface area contributed by atoms with Crippen LogP contribution in [0.3, 0.4) is 0 Å². The van der Waals surface area contributed by atoms with Gasteiger partial charge in [-0.3, -0.25) is 9.36 Å². The van der Waals surface area contributed by atoms with Crippen molar-refractivity contribution in [1.29, 1.82) is 0 Å². The molecule has 2 heterocycles. The van der Waals surface area contributed by atoms with Crippen molar-refractivity contribution >= 4 is 31.8 Å². The molecule has 0 fully saturated rings. The highest BCUT2D eigenvalue weighted by molar-refractivity contribution is 8.08. The predicted molar refractivity (Wildman–Crippen MR) is 79.9 cm³/mol. The second-order valence-electron chi connectivity index (χ2n) is 3.75. The molecule has 3 N–H and O–H groups in total. The Morgan fingerprint density at radius 3 is 1.77 bits per heavy atom. The van der Waals surface area contributed by atoms with Gasteiger partial charge in [-0.05, 0) is 22.8 Å². The molecule has 0 amide bonds. The van der Waals surface area contributed by atoms with Gasteiger partial charge in [0, 0.05) is 12.4 Å². The van der Waals surface area contributed by atoms with E-state index < -0.39 is 21.1 Å². The first-order valence-corrected chi connectivity index (χ1v) is 9.03. The van der Waals surface area contributed by atoms with E-state index >= 15 is 0 Å². The Morgan fingerprint density at radius 1 is 1.00 bits per heavy atom. The molecule has 2 unspecified atom stereocenters. The molecule has 2 aromatic heterocycles. The lowest BCUT2D eigenvalue weighted by Crippen LogP contribution is -2.03. The molecule has 0 aliphatic heterocycles. The van der Waals surface area contributed by atoms with Crippen LogP contribution in [0, 0.1) is 0 Å². The van der Waals surface area contributed by atoms with Crippen LogP contribution >= 0.6 is 10.7 Å². The van der Waals surface area contributed by atoms with Crippen LogP contribution in [0.4, 0.5) is 0 Å². The molecule has 0 aromatic carbocycles. The summed E-state index contributed by atoms with van der Waals surface area (Å²) in [5.74, 6) is 0. The average molecular weight is 371 g/mol. The van der Waals surface area contributed by atoms with E-state index in [1.54, 1.807) is 18.5 Å². The maximum Gasteiger partial charge on any atom is 0.207 e. The molecule has 2 atom stereocenters. The maximum atomic E-state index is 10.6. The SMILES string of the molecule is O=S(Cl)c1ccn(CCO)n1.O=S(O)c1ccn(CCO)n1. The highest BCUT2D eigenvalue weighted by Crippen LogP contribution is 2.05. The van der Waals surface area contributed by atoms with E-state index in [-0.39, 0.29) is 18.2 Å². The number of aliphatic hydroxyl groups is 2. The number of rotatable bonds is 6. The zero-order valence-electron chi connectivity index (χ0n) is 11.3.